The molecule has 0 amide bonds. The Morgan fingerprint density at radius 1 is 1.42 bits per heavy atom. The number of carboxylic acid groups (broad SMARTS) is 1. The van der Waals surface area contributed by atoms with Crippen LogP contribution in [0.15, 0.2) is 0 Å². The van der Waals surface area contributed by atoms with E-state index in [1.165, 1.54) is 12.8 Å². The SMILES string of the molecule is Cl.O=C(O)[C@H]1NCC2CCCC21. The Labute approximate surface area is 77.9 Å². The maximum absolute atomic E-state index is 10.7. The van der Waals surface area contributed by atoms with Crippen LogP contribution >= 0.6 is 12.4 Å². The normalized spacial score (nSPS) is 38.8. The van der Waals surface area contributed by atoms with E-state index in [0.29, 0.717) is 11.8 Å². The molecule has 1 heterocycles. The molecule has 0 aromatic carbocycles. The number of hydrogen-bond donors (Lipinski definition) is 2. The number of carbonyl (C=O) groups is 1. The van der Waals surface area contributed by atoms with Gasteiger partial charge in [-0.15, -0.1) is 12.4 Å². The lowest BCUT2D eigenvalue weighted by molar-refractivity contribution is -0.140. The molecule has 0 spiro atoms. The van der Waals surface area contributed by atoms with E-state index in [0.717, 1.165) is 13.0 Å². The molecule has 3 nitrogen and oxygen atoms in total. The molecule has 0 bridgehead atoms. The summed E-state index contributed by atoms with van der Waals surface area (Å²) in [6.45, 7) is 0.918. The van der Waals surface area contributed by atoms with E-state index in [2.05, 4.69) is 5.32 Å². The average Bonchev–Trinajstić information content (AvgIpc) is 2.41. The van der Waals surface area contributed by atoms with Gasteiger partial charge in [-0.2, -0.15) is 0 Å². The molecule has 1 aliphatic heterocycles. The zero-order valence-electron chi connectivity index (χ0n) is 6.82. The first-order valence-electron chi connectivity index (χ1n) is 4.25. The Balaban J connectivity index is 0.000000720. The predicted molar refractivity (Wildman–Crippen MR) is 47.5 cm³/mol. The Bertz CT molecular complexity index is 186. The fourth-order valence-electron chi connectivity index (χ4n) is 2.46. The van der Waals surface area contributed by atoms with Gasteiger partial charge in [-0.05, 0) is 31.2 Å². The third-order valence-corrected chi connectivity index (χ3v) is 3.01. The van der Waals surface area contributed by atoms with Gasteiger partial charge in [0.15, 0.2) is 0 Å². The zero-order valence-corrected chi connectivity index (χ0v) is 7.64. The first-order chi connectivity index (χ1) is 5.29. The number of halogens is 1. The smallest absolute Gasteiger partial charge is 0.320 e. The van der Waals surface area contributed by atoms with Crippen LogP contribution in [0.1, 0.15) is 19.3 Å². The molecular formula is C8H14ClNO2. The van der Waals surface area contributed by atoms with E-state index in [1.54, 1.807) is 0 Å². The van der Waals surface area contributed by atoms with Gasteiger partial charge in [0.2, 0.25) is 0 Å². The highest BCUT2D eigenvalue weighted by Crippen LogP contribution is 2.37. The van der Waals surface area contributed by atoms with Gasteiger partial charge in [-0.3, -0.25) is 4.79 Å². The molecule has 2 aliphatic rings. The summed E-state index contributed by atoms with van der Waals surface area (Å²) in [7, 11) is 0. The maximum atomic E-state index is 10.7. The molecule has 2 N–H and O–H groups in total. The summed E-state index contributed by atoms with van der Waals surface area (Å²) in [5.41, 5.74) is 0. The third kappa shape index (κ3) is 1.43. The van der Waals surface area contributed by atoms with E-state index in [1.807, 2.05) is 0 Å². The van der Waals surface area contributed by atoms with Gasteiger partial charge in [0.05, 0.1) is 0 Å². The highest BCUT2D eigenvalue weighted by Gasteiger charge is 2.42. The van der Waals surface area contributed by atoms with Crippen LogP contribution in [0.2, 0.25) is 0 Å². The molecule has 0 aromatic rings. The third-order valence-electron chi connectivity index (χ3n) is 3.01. The van der Waals surface area contributed by atoms with Gasteiger partial charge in [0.1, 0.15) is 6.04 Å². The molecule has 3 atom stereocenters. The molecule has 1 aliphatic carbocycles. The van der Waals surface area contributed by atoms with Crippen LogP contribution in [-0.2, 0) is 4.79 Å². The fraction of sp³-hybridized carbons (Fsp3) is 0.875. The summed E-state index contributed by atoms with van der Waals surface area (Å²) in [6.07, 6.45) is 3.55. The van der Waals surface area contributed by atoms with Crippen LogP contribution in [0.25, 0.3) is 0 Å². The number of aliphatic carboxylic acids is 1. The molecule has 2 fully saturated rings. The Hall–Kier alpha value is -0.280. The summed E-state index contributed by atoms with van der Waals surface area (Å²) < 4.78 is 0. The van der Waals surface area contributed by atoms with Crippen LogP contribution in [0.3, 0.4) is 0 Å². The van der Waals surface area contributed by atoms with Crippen LogP contribution in [0, 0.1) is 11.8 Å². The average molecular weight is 192 g/mol. The monoisotopic (exact) mass is 191 g/mol. The van der Waals surface area contributed by atoms with Crippen molar-refractivity contribution in [2.45, 2.75) is 25.3 Å². The van der Waals surface area contributed by atoms with Crippen LogP contribution in [0.4, 0.5) is 0 Å². The van der Waals surface area contributed by atoms with E-state index in [9.17, 15) is 4.79 Å². The number of hydrogen-bond acceptors (Lipinski definition) is 2. The first-order valence-corrected chi connectivity index (χ1v) is 4.25. The van der Waals surface area contributed by atoms with Gasteiger partial charge in [0.25, 0.3) is 0 Å². The molecule has 70 valence electrons. The van der Waals surface area contributed by atoms with Crippen molar-refractivity contribution < 1.29 is 9.90 Å². The summed E-state index contributed by atoms with van der Waals surface area (Å²) >= 11 is 0. The Morgan fingerprint density at radius 2 is 2.17 bits per heavy atom. The summed E-state index contributed by atoms with van der Waals surface area (Å²) in [6, 6.07) is -0.248. The van der Waals surface area contributed by atoms with Crippen molar-refractivity contribution in [3.05, 3.63) is 0 Å². The minimum atomic E-state index is -0.667. The molecule has 1 saturated carbocycles. The largest absolute Gasteiger partial charge is 0.480 e. The van der Waals surface area contributed by atoms with Gasteiger partial charge < -0.3 is 10.4 Å². The predicted octanol–water partition coefficient (Wildman–Crippen LogP) is 0.881. The van der Waals surface area contributed by atoms with E-state index < -0.39 is 5.97 Å². The molecular weight excluding hydrogens is 178 g/mol. The highest BCUT2D eigenvalue weighted by molar-refractivity contribution is 5.85. The molecule has 12 heavy (non-hydrogen) atoms. The van der Waals surface area contributed by atoms with E-state index in [-0.39, 0.29) is 18.4 Å². The minimum Gasteiger partial charge on any atom is -0.480 e. The lowest BCUT2D eigenvalue weighted by Gasteiger charge is -2.12. The standard InChI is InChI=1S/C8H13NO2.ClH/c10-8(11)7-6-3-1-2-5(6)4-9-7;/h5-7,9H,1-4H2,(H,10,11);1H/t5?,6?,7-;/m0./s1. The zero-order chi connectivity index (χ0) is 7.84. The molecule has 4 heteroatoms. The fourth-order valence-corrected chi connectivity index (χ4v) is 2.46. The van der Waals surface area contributed by atoms with Crippen molar-refractivity contribution in [1.82, 2.24) is 5.32 Å². The van der Waals surface area contributed by atoms with Crippen molar-refractivity contribution in [3.63, 3.8) is 0 Å². The van der Waals surface area contributed by atoms with Crippen molar-refractivity contribution in [3.8, 4) is 0 Å². The van der Waals surface area contributed by atoms with Crippen molar-refractivity contribution >= 4 is 18.4 Å². The van der Waals surface area contributed by atoms with Gasteiger partial charge in [-0.25, -0.2) is 0 Å². The first kappa shape index (κ1) is 9.81. The van der Waals surface area contributed by atoms with E-state index >= 15 is 0 Å². The molecule has 2 unspecified atom stereocenters. The lowest BCUT2D eigenvalue weighted by Crippen LogP contribution is -2.35. The molecule has 2 rings (SSSR count). The maximum Gasteiger partial charge on any atom is 0.320 e. The number of carboxylic acids is 1. The second-order valence-electron chi connectivity index (χ2n) is 3.58. The number of rotatable bonds is 1. The summed E-state index contributed by atoms with van der Waals surface area (Å²) in [5.74, 6) is 0.406. The lowest BCUT2D eigenvalue weighted by atomic mass is 9.94. The van der Waals surface area contributed by atoms with E-state index in [4.69, 9.17) is 5.11 Å². The second kappa shape index (κ2) is 3.62. The Morgan fingerprint density at radius 3 is 2.83 bits per heavy atom. The van der Waals surface area contributed by atoms with Gasteiger partial charge in [-0.1, -0.05) is 6.42 Å². The topological polar surface area (TPSA) is 49.3 Å². The Kier molecular flexibility index (Phi) is 2.96. The van der Waals surface area contributed by atoms with Crippen molar-refractivity contribution in [2.75, 3.05) is 6.54 Å². The minimum absolute atomic E-state index is 0. The number of fused-ring (bicyclic) bond motifs is 1. The number of nitrogens with one attached hydrogen (secondary N) is 1. The molecule has 1 saturated heterocycles. The van der Waals surface area contributed by atoms with Crippen LogP contribution < -0.4 is 5.32 Å². The second-order valence-corrected chi connectivity index (χ2v) is 3.58. The quantitative estimate of drug-likeness (QED) is 0.647. The molecule has 0 aromatic heterocycles. The summed E-state index contributed by atoms with van der Waals surface area (Å²) in [5, 5.41) is 11.9. The highest BCUT2D eigenvalue weighted by atomic mass is 35.5. The van der Waals surface area contributed by atoms with Gasteiger partial charge in [0, 0.05) is 0 Å². The van der Waals surface area contributed by atoms with Crippen LogP contribution in [0.5, 0.6) is 0 Å². The molecule has 0 radical (unpaired) electrons. The van der Waals surface area contributed by atoms with Gasteiger partial charge >= 0.3 is 5.97 Å². The summed E-state index contributed by atoms with van der Waals surface area (Å²) in [4.78, 5) is 10.7. The van der Waals surface area contributed by atoms with Crippen molar-refractivity contribution in [2.24, 2.45) is 11.8 Å². The van der Waals surface area contributed by atoms with Crippen LogP contribution in [-0.4, -0.2) is 23.7 Å². The van der Waals surface area contributed by atoms with Crippen molar-refractivity contribution in [1.29, 1.82) is 0 Å².